The van der Waals surface area contributed by atoms with Crippen molar-refractivity contribution in [3.63, 3.8) is 0 Å². The summed E-state index contributed by atoms with van der Waals surface area (Å²) in [5.41, 5.74) is 0. The Kier molecular flexibility index (Phi) is 15.5. The van der Waals surface area contributed by atoms with Gasteiger partial charge < -0.3 is 20.1 Å². The van der Waals surface area contributed by atoms with Crippen molar-refractivity contribution >= 4 is 0 Å². The molecule has 1 aliphatic heterocycles. The van der Waals surface area contributed by atoms with Crippen molar-refractivity contribution in [2.24, 2.45) is 0 Å². The molecule has 3 N–H and O–H groups in total. The van der Waals surface area contributed by atoms with E-state index in [-0.39, 0.29) is 13.2 Å². The Balaban J connectivity index is 0. The largest absolute Gasteiger partial charge is 0.394 e. The van der Waals surface area contributed by atoms with Gasteiger partial charge in [-0.3, -0.25) is 0 Å². The van der Waals surface area contributed by atoms with Gasteiger partial charge in [0.2, 0.25) is 0 Å². The lowest BCUT2D eigenvalue weighted by atomic mass is 10.4. The Morgan fingerprint density at radius 2 is 1.67 bits per heavy atom. The van der Waals surface area contributed by atoms with Crippen molar-refractivity contribution in [2.45, 2.75) is 13.0 Å². The molecule has 4 nitrogen and oxygen atoms in total. The van der Waals surface area contributed by atoms with Crippen LogP contribution in [0, 0.1) is 0 Å². The van der Waals surface area contributed by atoms with Crippen LogP contribution in [0.2, 0.25) is 0 Å². The van der Waals surface area contributed by atoms with E-state index in [0.717, 1.165) is 13.2 Å². The first-order valence-corrected chi connectivity index (χ1v) is 3.77. The number of epoxide rings is 1. The number of aliphatic hydroxyl groups is 3. The molecule has 74 valence electrons. The molecule has 1 aliphatic rings. The molecule has 0 aromatic heterocycles. The van der Waals surface area contributed by atoms with Gasteiger partial charge in [-0.05, 0) is 6.92 Å². The van der Waals surface area contributed by atoms with Gasteiger partial charge in [-0.1, -0.05) is 6.08 Å². The Bertz CT molecular complexity index is 76.4. The summed E-state index contributed by atoms with van der Waals surface area (Å²) in [7, 11) is 0. The Morgan fingerprint density at radius 3 is 1.67 bits per heavy atom. The standard InChI is InChI=1S/C3H8O3.C3H6.C2H4O/c4-1-3(6)2-5;1-3-2;1-2-3-1/h3-6H,1-2H2;3H,1H2,2H3;1-2H2. The van der Waals surface area contributed by atoms with Crippen LogP contribution in [0.5, 0.6) is 0 Å². The molecule has 12 heavy (non-hydrogen) atoms. The summed E-state index contributed by atoms with van der Waals surface area (Å²) in [6.07, 6.45) is 0.796. The molecule has 0 aromatic rings. The number of aliphatic hydroxyl groups excluding tert-OH is 3. The van der Waals surface area contributed by atoms with Gasteiger partial charge in [0.05, 0.1) is 26.4 Å². The van der Waals surface area contributed by atoms with Crippen LogP contribution in [0.25, 0.3) is 0 Å². The normalized spacial score (nSPS) is 12.1. The molecular formula is C8H18O4. The van der Waals surface area contributed by atoms with Gasteiger partial charge in [-0.15, -0.1) is 6.58 Å². The predicted molar refractivity (Wildman–Crippen MR) is 46.9 cm³/mol. The predicted octanol–water partition coefficient (Wildman–Crippen LogP) is -0.459. The van der Waals surface area contributed by atoms with E-state index in [2.05, 4.69) is 11.3 Å². The van der Waals surface area contributed by atoms with E-state index in [0.29, 0.717) is 0 Å². The highest BCUT2D eigenvalue weighted by atomic mass is 16.6. The highest BCUT2D eigenvalue weighted by molar-refractivity contribution is 4.51. The zero-order valence-electron chi connectivity index (χ0n) is 7.44. The summed E-state index contributed by atoms with van der Waals surface area (Å²) in [5.74, 6) is 0. The van der Waals surface area contributed by atoms with Crippen molar-refractivity contribution < 1.29 is 20.1 Å². The maximum Gasteiger partial charge on any atom is 0.100 e. The van der Waals surface area contributed by atoms with E-state index in [9.17, 15) is 0 Å². The van der Waals surface area contributed by atoms with Gasteiger partial charge in [-0.2, -0.15) is 0 Å². The van der Waals surface area contributed by atoms with Gasteiger partial charge in [0.1, 0.15) is 6.10 Å². The zero-order chi connectivity index (χ0) is 9.82. The first kappa shape index (κ1) is 14.1. The van der Waals surface area contributed by atoms with E-state index in [4.69, 9.17) is 15.3 Å². The van der Waals surface area contributed by atoms with Crippen molar-refractivity contribution in [1.29, 1.82) is 0 Å². The third kappa shape index (κ3) is 33.6. The molecule has 1 rings (SSSR count). The molecule has 1 heterocycles. The van der Waals surface area contributed by atoms with Crippen molar-refractivity contribution in [1.82, 2.24) is 0 Å². The van der Waals surface area contributed by atoms with Crippen LogP contribution in [0.3, 0.4) is 0 Å². The number of hydrogen-bond acceptors (Lipinski definition) is 4. The number of allylic oxidation sites excluding steroid dienone is 1. The fraction of sp³-hybridized carbons (Fsp3) is 0.750. The first-order chi connectivity index (χ1) is 5.72. The maximum absolute atomic E-state index is 8.17. The third-order valence-corrected chi connectivity index (χ3v) is 0.626. The molecule has 0 amide bonds. The minimum absolute atomic E-state index is 0.365. The average molecular weight is 178 g/mol. The van der Waals surface area contributed by atoms with Crippen LogP contribution in [0.4, 0.5) is 0 Å². The number of ether oxygens (including phenoxy) is 1. The van der Waals surface area contributed by atoms with Crippen molar-refractivity contribution in [2.75, 3.05) is 26.4 Å². The summed E-state index contributed by atoms with van der Waals surface area (Å²) in [6.45, 7) is 6.52. The monoisotopic (exact) mass is 178 g/mol. The van der Waals surface area contributed by atoms with Crippen LogP contribution in [-0.2, 0) is 4.74 Å². The van der Waals surface area contributed by atoms with Gasteiger partial charge in [0.25, 0.3) is 0 Å². The third-order valence-electron chi connectivity index (χ3n) is 0.626. The molecule has 0 aromatic carbocycles. The Labute approximate surface area is 73.1 Å². The molecule has 0 bridgehead atoms. The second-order valence-corrected chi connectivity index (χ2v) is 2.04. The fourth-order valence-corrected chi connectivity index (χ4v) is 0.0577. The minimum atomic E-state index is -0.954. The highest BCUT2D eigenvalue weighted by Gasteiger charge is 1.94. The van der Waals surface area contributed by atoms with Crippen LogP contribution in [0.15, 0.2) is 12.7 Å². The molecular weight excluding hydrogens is 160 g/mol. The second kappa shape index (κ2) is 13.2. The lowest BCUT2D eigenvalue weighted by Crippen LogP contribution is -2.15. The molecule has 0 saturated carbocycles. The Morgan fingerprint density at radius 1 is 1.42 bits per heavy atom. The van der Waals surface area contributed by atoms with Crippen LogP contribution in [0.1, 0.15) is 6.92 Å². The number of rotatable bonds is 2. The van der Waals surface area contributed by atoms with Gasteiger partial charge in [0, 0.05) is 0 Å². The van der Waals surface area contributed by atoms with Gasteiger partial charge in [0.15, 0.2) is 0 Å². The first-order valence-electron chi connectivity index (χ1n) is 3.77. The van der Waals surface area contributed by atoms with Crippen LogP contribution in [-0.4, -0.2) is 47.9 Å². The van der Waals surface area contributed by atoms with E-state index in [1.54, 1.807) is 6.08 Å². The quantitative estimate of drug-likeness (QED) is 0.395. The topological polar surface area (TPSA) is 73.2 Å². The molecule has 0 aliphatic carbocycles. The SMILES string of the molecule is C1CO1.C=CC.OCC(O)CO. The summed E-state index contributed by atoms with van der Waals surface area (Å²) in [4.78, 5) is 0. The maximum atomic E-state index is 8.17. The average Bonchev–Trinajstić information content (AvgIpc) is 2.90. The second-order valence-electron chi connectivity index (χ2n) is 2.04. The van der Waals surface area contributed by atoms with Gasteiger partial charge >= 0.3 is 0 Å². The smallest absolute Gasteiger partial charge is 0.100 e. The molecule has 1 fully saturated rings. The molecule has 0 spiro atoms. The molecule has 1 saturated heterocycles. The fourth-order valence-electron chi connectivity index (χ4n) is 0.0577. The lowest BCUT2D eigenvalue weighted by Gasteiger charge is -1.96. The van der Waals surface area contributed by atoms with E-state index in [1.807, 2.05) is 6.92 Å². The lowest BCUT2D eigenvalue weighted by molar-refractivity contribution is 0.0450. The summed E-state index contributed by atoms with van der Waals surface area (Å²) in [6, 6.07) is 0. The van der Waals surface area contributed by atoms with Crippen LogP contribution >= 0.6 is 0 Å². The molecule has 4 heteroatoms. The number of hydrogen-bond donors (Lipinski definition) is 3. The molecule has 0 radical (unpaired) electrons. The summed E-state index contributed by atoms with van der Waals surface area (Å²) < 4.78 is 4.50. The van der Waals surface area contributed by atoms with Crippen LogP contribution < -0.4 is 0 Å². The van der Waals surface area contributed by atoms with Gasteiger partial charge in [-0.25, -0.2) is 0 Å². The minimum Gasteiger partial charge on any atom is -0.394 e. The summed E-state index contributed by atoms with van der Waals surface area (Å²) >= 11 is 0. The van der Waals surface area contributed by atoms with E-state index in [1.165, 1.54) is 0 Å². The van der Waals surface area contributed by atoms with Crippen molar-refractivity contribution in [3.05, 3.63) is 12.7 Å². The van der Waals surface area contributed by atoms with E-state index >= 15 is 0 Å². The zero-order valence-corrected chi connectivity index (χ0v) is 7.44. The van der Waals surface area contributed by atoms with Crippen molar-refractivity contribution in [3.8, 4) is 0 Å². The molecule has 0 atom stereocenters. The summed E-state index contributed by atoms with van der Waals surface area (Å²) in [5, 5.41) is 24.0. The molecule has 0 unspecified atom stereocenters. The Hall–Kier alpha value is -0.420. The van der Waals surface area contributed by atoms with E-state index < -0.39 is 6.10 Å². The highest BCUT2D eigenvalue weighted by Crippen LogP contribution is 1.84.